The molecule has 0 bridgehead atoms. The van der Waals surface area contributed by atoms with Crippen LogP contribution in [0.25, 0.3) is 0 Å². The first kappa shape index (κ1) is 146. The number of rotatable bonds is 0. The Morgan fingerprint density at radius 2 is 0.500 bits per heavy atom. The van der Waals surface area contributed by atoms with Gasteiger partial charge in [0, 0.05) is 19.5 Å². The molecule has 0 atom stereocenters. The van der Waals surface area contributed by atoms with Crippen molar-refractivity contribution in [1.82, 2.24) is 0 Å². The molecule has 0 aromatic carbocycles. The molecule has 0 aliphatic carbocycles. The maximum absolute atomic E-state index is 0. The summed E-state index contributed by atoms with van der Waals surface area (Å²) >= 11 is 0. The Bertz CT molecular complexity index is 7.51. The summed E-state index contributed by atoms with van der Waals surface area (Å²) in [6.07, 6.45) is 0. The van der Waals surface area contributed by atoms with Crippen LogP contribution in [0.5, 0.6) is 0 Å². The molecule has 36 valence electrons. The molecule has 0 unspecified atom stereocenters. The third kappa shape index (κ3) is 50.8. The molecule has 0 heterocycles. The minimum atomic E-state index is 0. The Morgan fingerprint density at radius 3 is 0.500 bits per heavy atom. The second kappa shape index (κ2) is 90.1. The molecule has 4 nitrogen and oxygen atoms in total. The van der Waals surface area contributed by atoms with Crippen LogP contribution in [0.2, 0.25) is 0 Å². The topological polar surface area (TPSA) is 126 Å². The van der Waals surface area contributed by atoms with E-state index < -0.39 is 0 Å². The van der Waals surface area contributed by atoms with Gasteiger partial charge >= 0.3 is 29.6 Å². The van der Waals surface area contributed by atoms with Crippen molar-refractivity contribution in [3.63, 3.8) is 0 Å². The van der Waals surface area contributed by atoms with E-state index in [1.165, 1.54) is 0 Å². The van der Waals surface area contributed by atoms with Gasteiger partial charge in [-0.2, -0.15) is 0 Å². The summed E-state index contributed by atoms with van der Waals surface area (Å²) < 4.78 is 0. The maximum atomic E-state index is 0. The van der Waals surface area contributed by atoms with Crippen molar-refractivity contribution in [3.8, 4) is 0 Å². The van der Waals surface area contributed by atoms with Crippen LogP contribution in [-0.2, 0) is 19.5 Å². The van der Waals surface area contributed by atoms with E-state index in [0.717, 1.165) is 0 Å². The Kier molecular flexibility index (Phi) is 2190. The van der Waals surface area contributed by atoms with Crippen LogP contribution in [0.4, 0.5) is 0 Å². The quantitative estimate of drug-likeness (QED) is 0.322. The second-order valence-electron chi connectivity index (χ2n) is 0. The van der Waals surface area contributed by atoms with Crippen LogP contribution in [0.3, 0.4) is 0 Å². The van der Waals surface area contributed by atoms with Crippen molar-refractivity contribution in [2.24, 2.45) is 0 Å². The van der Waals surface area contributed by atoms with Gasteiger partial charge < -0.3 is 21.9 Å². The van der Waals surface area contributed by atoms with E-state index in [-0.39, 0.29) is 70.9 Å². The summed E-state index contributed by atoms with van der Waals surface area (Å²) in [6, 6.07) is 0. The number of hydrogen-bond acceptors (Lipinski definition) is 0. The van der Waals surface area contributed by atoms with Crippen molar-refractivity contribution in [2.45, 2.75) is 0 Å². The molecule has 0 saturated carbocycles. The van der Waals surface area contributed by atoms with Crippen LogP contribution < -0.4 is 0 Å². The zero-order chi connectivity index (χ0) is 0. The fourth-order valence-corrected chi connectivity index (χ4v) is 0. The normalized spacial score (nSPS) is 0. The van der Waals surface area contributed by atoms with Gasteiger partial charge in [-0.3, -0.25) is 0 Å². The summed E-state index contributed by atoms with van der Waals surface area (Å²) in [5.74, 6) is 0. The SMILES string of the molecule is O.O.O.O.[NaH].[Zn]. The average molecular weight is 161 g/mol. The van der Waals surface area contributed by atoms with Crippen LogP contribution in [-0.4, -0.2) is 51.5 Å². The smallest absolute Gasteiger partial charge is 0 e. The van der Waals surface area contributed by atoms with E-state index in [0.29, 0.717) is 0 Å². The van der Waals surface area contributed by atoms with Crippen molar-refractivity contribution in [3.05, 3.63) is 0 Å². The van der Waals surface area contributed by atoms with E-state index in [4.69, 9.17) is 0 Å². The van der Waals surface area contributed by atoms with Crippen molar-refractivity contribution in [1.29, 1.82) is 0 Å². The predicted molar refractivity (Wildman–Crippen MR) is 21.6 cm³/mol. The standard InChI is InChI=1S/Na.4H2O.Zn.H/h;4*1H2;;. The molecule has 0 rings (SSSR count). The zero-order valence-corrected chi connectivity index (χ0v) is 5.67. The monoisotopic (exact) mass is 160 g/mol. The first-order valence-electron chi connectivity index (χ1n) is 0. The van der Waals surface area contributed by atoms with Crippen molar-refractivity contribution >= 4 is 29.6 Å². The van der Waals surface area contributed by atoms with Gasteiger partial charge in [0.2, 0.25) is 0 Å². The molecule has 0 aromatic rings. The van der Waals surface area contributed by atoms with Gasteiger partial charge in [0.1, 0.15) is 0 Å². The molecule has 6 heavy (non-hydrogen) atoms. The van der Waals surface area contributed by atoms with Gasteiger partial charge in [0.25, 0.3) is 0 Å². The van der Waals surface area contributed by atoms with E-state index in [1.54, 1.807) is 0 Å². The summed E-state index contributed by atoms with van der Waals surface area (Å²) in [5, 5.41) is 0. The molecular formula is H9NaO4Zn. The van der Waals surface area contributed by atoms with Crippen molar-refractivity contribution in [2.75, 3.05) is 0 Å². The molecule has 0 aliphatic heterocycles. The molecule has 0 aliphatic rings. The minimum absolute atomic E-state index is 0. The predicted octanol–water partition coefficient (Wildman–Crippen LogP) is -3.95. The maximum Gasteiger partial charge on any atom is 0 e. The molecule has 0 spiro atoms. The zero-order valence-electron chi connectivity index (χ0n) is 2.71. The second-order valence-corrected chi connectivity index (χ2v) is 0. The largest absolute Gasteiger partial charge is 0 e. The van der Waals surface area contributed by atoms with Gasteiger partial charge in [-0.15, -0.1) is 0 Å². The molecule has 0 aromatic heterocycles. The van der Waals surface area contributed by atoms with Crippen LogP contribution in [0.15, 0.2) is 0 Å². The van der Waals surface area contributed by atoms with Gasteiger partial charge in [0.15, 0.2) is 0 Å². The van der Waals surface area contributed by atoms with Gasteiger partial charge in [-0.25, -0.2) is 0 Å². The molecular weight excluding hydrogens is 152 g/mol. The van der Waals surface area contributed by atoms with E-state index in [9.17, 15) is 0 Å². The summed E-state index contributed by atoms with van der Waals surface area (Å²) in [5.41, 5.74) is 0. The summed E-state index contributed by atoms with van der Waals surface area (Å²) in [7, 11) is 0. The fourth-order valence-electron chi connectivity index (χ4n) is 0. The minimum Gasteiger partial charge on any atom is 0 e. The third-order valence-corrected chi connectivity index (χ3v) is 0. The molecule has 0 fully saturated rings. The van der Waals surface area contributed by atoms with E-state index in [2.05, 4.69) is 0 Å². The Morgan fingerprint density at radius 1 is 0.500 bits per heavy atom. The first-order valence-corrected chi connectivity index (χ1v) is 0. The summed E-state index contributed by atoms with van der Waals surface area (Å²) in [6.45, 7) is 0. The van der Waals surface area contributed by atoms with Crippen LogP contribution in [0.1, 0.15) is 0 Å². The van der Waals surface area contributed by atoms with Gasteiger partial charge in [0.05, 0.1) is 0 Å². The van der Waals surface area contributed by atoms with Gasteiger partial charge in [-0.05, 0) is 0 Å². The molecule has 0 radical (unpaired) electrons. The molecule has 0 saturated heterocycles. The van der Waals surface area contributed by atoms with Crippen molar-refractivity contribution < 1.29 is 41.4 Å². The molecule has 8 N–H and O–H groups in total. The van der Waals surface area contributed by atoms with Gasteiger partial charge in [-0.1, -0.05) is 0 Å². The van der Waals surface area contributed by atoms with E-state index in [1.807, 2.05) is 0 Å². The third-order valence-electron chi connectivity index (χ3n) is 0. The van der Waals surface area contributed by atoms with Crippen LogP contribution >= 0.6 is 0 Å². The van der Waals surface area contributed by atoms with Crippen LogP contribution in [0, 0.1) is 0 Å². The Labute approximate surface area is 70.6 Å². The summed E-state index contributed by atoms with van der Waals surface area (Å²) in [4.78, 5) is 0. The Hall–Kier alpha value is 1.46. The fraction of sp³-hybridized carbons (Fsp3) is 0. The molecule has 6 heteroatoms. The Balaban J connectivity index is 0. The van der Waals surface area contributed by atoms with E-state index >= 15 is 0 Å². The first-order chi connectivity index (χ1) is 0. The number of hydrogen-bond donors (Lipinski definition) is 0. The average Bonchev–Trinajstić information content (AvgIpc) is 0. The molecule has 0 amide bonds.